The van der Waals surface area contributed by atoms with Crippen molar-refractivity contribution in [2.75, 3.05) is 13.1 Å². The van der Waals surface area contributed by atoms with Gasteiger partial charge in [0.25, 0.3) is 5.91 Å². The van der Waals surface area contributed by atoms with E-state index in [0.717, 1.165) is 17.2 Å². The van der Waals surface area contributed by atoms with Crippen LogP contribution in [-0.4, -0.2) is 44.2 Å². The first-order valence-electron chi connectivity index (χ1n) is 6.05. The Balaban J connectivity index is 2.23. The maximum Gasteiger partial charge on any atom is 0.267 e. The molecule has 0 bridgehead atoms. The van der Waals surface area contributed by atoms with Crippen LogP contribution in [0.2, 0.25) is 0 Å². The number of hydrogen-bond acceptors (Lipinski definition) is 5. The van der Waals surface area contributed by atoms with Crippen molar-refractivity contribution in [3.8, 4) is 0 Å². The normalized spacial score (nSPS) is 24.6. The maximum absolute atomic E-state index is 12.4. The van der Waals surface area contributed by atoms with Gasteiger partial charge in [0, 0.05) is 18.5 Å². The third-order valence-corrected chi connectivity index (χ3v) is 3.85. The highest BCUT2D eigenvalue weighted by atomic mass is 32.1. The average Bonchev–Trinajstić information content (AvgIpc) is 2.81. The van der Waals surface area contributed by atoms with Gasteiger partial charge in [-0.2, -0.15) is 0 Å². The van der Waals surface area contributed by atoms with Crippen LogP contribution in [0.15, 0.2) is 0 Å². The second-order valence-electron chi connectivity index (χ2n) is 6.17. The SMILES string of the molecule is CC1(O)CCN(C(=O)c2snnc2C(C)(C)C)C1. The molecule has 1 amide bonds. The van der Waals surface area contributed by atoms with Gasteiger partial charge >= 0.3 is 0 Å². The number of nitrogens with zero attached hydrogens (tertiary/aromatic N) is 3. The number of carbonyl (C=O) groups excluding carboxylic acids is 1. The lowest BCUT2D eigenvalue weighted by Crippen LogP contribution is -2.34. The van der Waals surface area contributed by atoms with E-state index < -0.39 is 5.60 Å². The van der Waals surface area contributed by atoms with Crippen LogP contribution in [0.1, 0.15) is 49.5 Å². The molecule has 0 aliphatic carbocycles. The van der Waals surface area contributed by atoms with Crippen molar-refractivity contribution in [1.29, 1.82) is 0 Å². The monoisotopic (exact) mass is 269 g/mol. The second kappa shape index (κ2) is 4.28. The van der Waals surface area contributed by atoms with Crippen molar-refractivity contribution >= 4 is 17.4 Å². The number of likely N-dealkylation sites (tertiary alicyclic amines) is 1. The Morgan fingerprint density at radius 3 is 2.67 bits per heavy atom. The molecule has 6 heteroatoms. The standard InChI is InChI=1S/C12H19N3O2S/c1-11(2,3)9-8(18-14-13-9)10(16)15-6-5-12(4,17)7-15/h17H,5-7H2,1-4H3. The minimum Gasteiger partial charge on any atom is -0.388 e. The minimum absolute atomic E-state index is 0.0623. The molecule has 1 aromatic rings. The van der Waals surface area contributed by atoms with E-state index >= 15 is 0 Å². The minimum atomic E-state index is -0.768. The number of aromatic nitrogens is 2. The van der Waals surface area contributed by atoms with Gasteiger partial charge in [-0.3, -0.25) is 4.79 Å². The highest BCUT2D eigenvalue weighted by molar-refractivity contribution is 7.08. The molecule has 100 valence electrons. The molecule has 0 spiro atoms. The lowest BCUT2D eigenvalue weighted by atomic mass is 9.91. The first-order valence-corrected chi connectivity index (χ1v) is 6.82. The number of hydrogen-bond donors (Lipinski definition) is 1. The van der Waals surface area contributed by atoms with Gasteiger partial charge in [-0.25, -0.2) is 0 Å². The summed E-state index contributed by atoms with van der Waals surface area (Å²) in [5, 5.41) is 14.0. The van der Waals surface area contributed by atoms with E-state index in [1.807, 2.05) is 20.8 Å². The fourth-order valence-electron chi connectivity index (χ4n) is 2.08. The van der Waals surface area contributed by atoms with Crippen LogP contribution in [0.3, 0.4) is 0 Å². The highest BCUT2D eigenvalue weighted by Gasteiger charge is 2.37. The van der Waals surface area contributed by atoms with Gasteiger partial charge in [0.2, 0.25) is 0 Å². The lowest BCUT2D eigenvalue weighted by molar-refractivity contribution is 0.0573. The summed E-state index contributed by atoms with van der Waals surface area (Å²) in [6.07, 6.45) is 0.621. The number of rotatable bonds is 1. The van der Waals surface area contributed by atoms with Crippen LogP contribution in [0, 0.1) is 0 Å². The molecule has 1 N–H and O–H groups in total. The Kier molecular flexibility index (Phi) is 3.19. The summed E-state index contributed by atoms with van der Waals surface area (Å²) in [6.45, 7) is 8.78. The Bertz CT molecular complexity index is 462. The van der Waals surface area contributed by atoms with Crippen molar-refractivity contribution in [1.82, 2.24) is 14.5 Å². The Morgan fingerprint density at radius 2 is 2.17 bits per heavy atom. The van der Waals surface area contributed by atoms with E-state index in [2.05, 4.69) is 9.59 Å². The summed E-state index contributed by atoms with van der Waals surface area (Å²) in [6, 6.07) is 0. The molecule has 5 nitrogen and oxygen atoms in total. The molecule has 1 unspecified atom stereocenters. The molecule has 1 atom stereocenters. The summed E-state index contributed by atoms with van der Waals surface area (Å²) < 4.78 is 3.90. The molecule has 1 aliphatic rings. The van der Waals surface area contributed by atoms with Crippen LogP contribution in [-0.2, 0) is 5.41 Å². The molecule has 0 saturated carbocycles. The Morgan fingerprint density at radius 1 is 1.50 bits per heavy atom. The van der Waals surface area contributed by atoms with Crippen LogP contribution in [0.4, 0.5) is 0 Å². The molecule has 1 aromatic heterocycles. The van der Waals surface area contributed by atoms with Gasteiger partial charge in [0.05, 0.1) is 11.3 Å². The van der Waals surface area contributed by atoms with Gasteiger partial charge in [0.15, 0.2) is 0 Å². The summed E-state index contributed by atoms with van der Waals surface area (Å²) >= 11 is 1.14. The molecular formula is C12H19N3O2S. The van der Waals surface area contributed by atoms with Crippen LogP contribution < -0.4 is 0 Å². The highest BCUT2D eigenvalue weighted by Crippen LogP contribution is 2.29. The average molecular weight is 269 g/mol. The van der Waals surface area contributed by atoms with E-state index in [0.29, 0.717) is 24.4 Å². The van der Waals surface area contributed by atoms with Crippen LogP contribution in [0.5, 0.6) is 0 Å². The zero-order valence-corrected chi connectivity index (χ0v) is 12.0. The van der Waals surface area contributed by atoms with Crippen molar-refractivity contribution in [2.24, 2.45) is 0 Å². The summed E-state index contributed by atoms with van der Waals surface area (Å²) in [5.74, 6) is -0.0623. The summed E-state index contributed by atoms with van der Waals surface area (Å²) in [7, 11) is 0. The zero-order valence-electron chi connectivity index (χ0n) is 11.2. The molecule has 0 radical (unpaired) electrons. The Hall–Kier alpha value is -1.01. The Labute approximate surface area is 111 Å². The van der Waals surface area contributed by atoms with Gasteiger partial charge < -0.3 is 10.0 Å². The summed E-state index contributed by atoms with van der Waals surface area (Å²) in [4.78, 5) is 14.7. The van der Waals surface area contributed by atoms with Crippen molar-refractivity contribution < 1.29 is 9.90 Å². The van der Waals surface area contributed by atoms with E-state index in [1.165, 1.54) is 0 Å². The van der Waals surface area contributed by atoms with E-state index in [9.17, 15) is 9.90 Å². The van der Waals surface area contributed by atoms with Crippen molar-refractivity contribution in [2.45, 2.75) is 45.1 Å². The number of amides is 1. The number of carbonyl (C=O) groups is 1. The molecule has 1 fully saturated rings. The molecule has 1 saturated heterocycles. The zero-order chi connectivity index (χ0) is 13.6. The van der Waals surface area contributed by atoms with Crippen LogP contribution in [0.25, 0.3) is 0 Å². The van der Waals surface area contributed by atoms with Gasteiger partial charge in [-0.05, 0) is 24.9 Å². The lowest BCUT2D eigenvalue weighted by Gasteiger charge is -2.21. The van der Waals surface area contributed by atoms with Crippen LogP contribution >= 0.6 is 11.5 Å². The van der Waals surface area contributed by atoms with Gasteiger partial charge in [-0.1, -0.05) is 25.3 Å². The molecule has 2 heterocycles. The molecular weight excluding hydrogens is 250 g/mol. The second-order valence-corrected chi connectivity index (χ2v) is 6.93. The predicted molar refractivity (Wildman–Crippen MR) is 69.8 cm³/mol. The number of aliphatic hydroxyl groups is 1. The van der Waals surface area contributed by atoms with Crippen molar-refractivity contribution in [3.63, 3.8) is 0 Å². The third kappa shape index (κ3) is 2.54. The van der Waals surface area contributed by atoms with E-state index in [1.54, 1.807) is 11.8 Å². The predicted octanol–water partition coefficient (Wildman–Crippen LogP) is 1.43. The van der Waals surface area contributed by atoms with Gasteiger partial charge in [-0.15, -0.1) is 5.10 Å². The fourth-order valence-corrected chi connectivity index (χ4v) is 2.93. The largest absolute Gasteiger partial charge is 0.388 e. The smallest absolute Gasteiger partial charge is 0.267 e. The van der Waals surface area contributed by atoms with Gasteiger partial charge in [0.1, 0.15) is 4.88 Å². The molecule has 2 rings (SSSR count). The first-order chi connectivity index (χ1) is 8.21. The quantitative estimate of drug-likeness (QED) is 0.837. The van der Waals surface area contributed by atoms with E-state index in [-0.39, 0.29) is 11.3 Å². The summed E-state index contributed by atoms with van der Waals surface area (Å²) in [5.41, 5.74) is -0.223. The first kappa shape index (κ1) is 13.4. The number of β-amino-alcohol motifs (C(OH)–C–C–N with tert-alkyl or cyclic N) is 1. The molecule has 0 aromatic carbocycles. The molecule has 1 aliphatic heterocycles. The third-order valence-electron chi connectivity index (χ3n) is 3.13. The molecule has 18 heavy (non-hydrogen) atoms. The van der Waals surface area contributed by atoms with Crippen molar-refractivity contribution in [3.05, 3.63) is 10.6 Å². The van der Waals surface area contributed by atoms with E-state index in [4.69, 9.17) is 0 Å². The topological polar surface area (TPSA) is 66.3 Å². The fraction of sp³-hybridized carbons (Fsp3) is 0.750. The maximum atomic E-state index is 12.4.